The summed E-state index contributed by atoms with van der Waals surface area (Å²) in [7, 11) is 0. The molecular formula is C22H20ClNO3. The Kier molecular flexibility index (Phi) is 6.34. The lowest BCUT2D eigenvalue weighted by atomic mass is 10.1. The summed E-state index contributed by atoms with van der Waals surface area (Å²) in [6.07, 6.45) is 0. The third-order valence-electron chi connectivity index (χ3n) is 3.86. The lowest BCUT2D eigenvalue weighted by Crippen LogP contribution is -2.14. The number of carbonyl (C=O) groups excluding carboxylic acids is 1. The third kappa shape index (κ3) is 5.02. The van der Waals surface area contributed by atoms with E-state index in [2.05, 4.69) is 5.32 Å². The lowest BCUT2D eigenvalue weighted by Gasteiger charge is -2.14. The van der Waals surface area contributed by atoms with Crippen LogP contribution in [0.2, 0.25) is 5.02 Å². The monoisotopic (exact) mass is 381 g/mol. The Bertz CT molecular complexity index is 912. The van der Waals surface area contributed by atoms with E-state index in [1.807, 2.05) is 55.5 Å². The predicted molar refractivity (Wildman–Crippen MR) is 108 cm³/mol. The van der Waals surface area contributed by atoms with Crippen molar-refractivity contribution in [2.45, 2.75) is 13.5 Å². The van der Waals surface area contributed by atoms with E-state index in [0.717, 1.165) is 5.56 Å². The smallest absolute Gasteiger partial charge is 0.259 e. The van der Waals surface area contributed by atoms with Gasteiger partial charge in [0.15, 0.2) is 0 Å². The summed E-state index contributed by atoms with van der Waals surface area (Å²) in [5.74, 6) is 0.768. The van der Waals surface area contributed by atoms with Crippen molar-refractivity contribution in [1.29, 1.82) is 0 Å². The van der Waals surface area contributed by atoms with Gasteiger partial charge in [-0.1, -0.05) is 54.1 Å². The van der Waals surface area contributed by atoms with E-state index < -0.39 is 0 Å². The molecule has 0 aromatic heterocycles. The van der Waals surface area contributed by atoms with Gasteiger partial charge in [-0.25, -0.2) is 0 Å². The Balaban J connectivity index is 1.81. The zero-order valence-electron chi connectivity index (χ0n) is 14.9. The minimum atomic E-state index is -0.312. The number of ether oxygens (including phenoxy) is 2. The van der Waals surface area contributed by atoms with Crippen LogP contribution in [0.1, 0.15) is 22.8 Å². The average molecular weight is 382 g/mol. The van der Waals surface area contributed by atoms with E-state index in [1.165, 1.54) is 0 Å². The highest BCUT2D eigenvalue weighted by Gasteiger charge is 2.16. The number of carbonyl (C=O) groups is 1. The second kappa shape index (κ2) is 9.10. The number of rotatable bonds is 7. The van der Waals surface area contributed by atoms with Crippen molar-refractivity contribution in [2.24, 2.45) is 0 Å². The lowest BCUT2D eigenvalue weighted by molar-refractivity contribution is 0.102. The topological polar surface area (TPSA) is 47.6 Å². The van der Waals surface area contributed by atoms with Crippen molar-refractivity contribution in [3.05, 3.63) is 88.9 Å². The number of benzene rings is 3. The highest BCUT2D eigenvalue weighted by atomic mass is 35.5. The SMILES string of the molecule is CCOc1ccccc1NC(=O)c1cc(Cl)ccc1OCc1ccccc1. The van der Waals surface area contributed by atoms with E-state index in [9.17, 15) is 4.79 Å². The molecule has 3 aromatic rings. The molecule has 1 N–H and O–H groups in total. The van der Waals surface area contributed by atoms with Crippen LogP contribution in [0.4, 0.5) is 5.69 Å². The minimum absolute atomic E-state index is 0.312. The van der Waals surface area contributed by atoms with Crippen molar-refractivity contribution < 1.29 is 14.3 Å². The Morgan fingerprint density at radius 1 is 0.926 bits per heavy atom. The van der Waals surface area contributed by atoms with E-state index in [0.29, 0.717) is 41.0 Å². The third-order valence-corrected chi connectivity index (χ3v) is 4.09. The standard InChI is InChI=1S/C22H20ClNO3/c1-2-26-21-11-7-6-10-19(21)24-22(25)18-14-17(23)12-13-20(18)27-15-16-8-4-3-5-9-16/h3-14H,2,15H2,1H3,(H,24,25). The van der Waals surface area contributed by atoms with Crippen molar-refractivity contribution in [1.82, 2.24) is 0 Å². The minimum Gasteiger partial charge on any atom is -0.492 e. The van der Waals surface area contributed by atoms with Gasteiger partial charge in [0.25, 0.3) is 5.91 Å². The maximum Gasteiger partial charge on any atom is 0.259 e. The fraction of sp³-hybridized carbons (Fsp3) is 0.136. The van der Waals surface area contributed by atoms with Gasteiger partial charge in [-0.3, -0.25) is 4.79 Å². The first kappa shape index (κ1) is 18.8. The number of nitrogens with one attached hydrogen (secondary N) is 1. The van der Waals surface area contributed by atoms with Crippen molar-refractivity contribution in [2.75, 3.05) is 11.9 Å². The predicted octanol–water partition coefficient (Wildman–Crippen LogP) is 5.57. The van der Waals surface area contributed by atoms with Gasteiger partial charge in [0, 0.05) is 5.02 Å². The molecule has 4 nitrogen and oxygen atoms in total. The zero-order valence-corrected chi connectivity index (χ0v) is 15.7. The molecule has 0 radical (unpaired) electrons. The molecule has 0 aliphatic carbocycles. The molecule has 27 heavy (non-hydrogen) atoms. The number of hydrogen-bond donors (Lipinski definition) is 1. The number of hydrogen-bond acceptors (Lipinski definition) is 3. The van der Waals surface area contributed by atoms with Crippen molar-refractivity contribution in [3.8, 4) is 11.5 Å². The van der Waals surface area contributed by atoms with Crippen LogP contribution in [0.25, 0.3) is 0 Å². The first-order valence-corrected chi connectivity index (χ1v) is 9.04. The summed E-state index contributed by atoms with van der Waals surface area (Å²) in [5, 5.41) is 3.34. The van der Waals surface area contributed by atoms with Gasteiger partial charge in [0.2, 0.25) is 0 Å². The molecule has 1 amide bonds. The second-order valence-corrected chi connectivity index (χ2v) is 6.23. The molecule has 3 rings (SSSR count). The van der Waals surface area contributed by atoms with Gasteiger partial charge < -0.3 is 14.8 Å². The maximum absolute atomic E-state index is 12.8. The second-order valence-electron chi connectivity index (χ2n) is 5.80. The molecule has 0 saturated heterocycles. The summed E-state index contributed by atoms with van der Waals surface area (Å²) >= 11 is 6.10. The van der Waals surface area contributed by atoms with Crippen LogP contribution in [0, 0.1) is 0 Å². The van der Waals surface area contributed by atoms with Crippen LogP contribution < -0.4 is 14.8 Å². The molecule has 0 spiro atoms. The zero-order chi connectivity index (χ0) is 19.1. The average Bonchev–Trinajstić information content (AvgIpc) is 2.69. The van der Waals surface area contributed by atoms with Gasteiger partial charge in [-0.2, -0.15) is 0 Å². The quantitative estimate of drug-likeness (QED) is 0.582. The van der Waals surface area contributed by atoms with Gasteiger partial charge in [-0.15, -0.1) is 0 Å². The summed E-state index contributed by atoms with van der Waals surface area (Å²) in [6, 6.07) is 22.1. The molecule has 0 unspecified atom stereocenters. The van der Waals surface area contributed by atoms with Crippen LogP contribution in [0.15, 0.2) is 72.8 Å². The Hall–Kier alpha value is -2.98. The summed E-state index contributed by atoms with van der Waals surface area (Å²) < 4.78 is 11.4. The summed E-state index contributed by atoms with van der Waals surface area (Å²) in [6.45, 7) is 2.76. The van der Waals surface area contributed by atoms with Gasteiger partial charge in [0.1, 0.15) is 18.1 Å². The van der Waals surface area contributed by atoms with Crippen molar-refractivity contribution >= 4 is 23.2 Å². The number of anilines is 1. The summed E-state index contributed by atoms with van der Waals surface area (Å²) in [4.78, 5) is 12.8. The van der Waals surface area contributed by atoms with E-state index in [1.54, 1.807) is 24.3 Å². The van der Waals surface area contributed by atoms with Gasteiger partial charge in [0.05, 0.1) is 17.9 Å². The van der Waals surface area contributed by atoms with Crippen LogP contribution in [0.5, 0.6) is 11.5 Å². The highest BCUT2D eigenvalue weighted by molar-refractivity contribution is 6.31. The van der Waals surface area contributed by atoms with Crippen LogP contribution in [-0.4, -0.2) is 12.5 Å². The first-order chi connectivity index (χ1) is 13.2. The highest BCUT2D eigenvalue weighted by Crippen LogP contribution is 2.28. The Labute approximate surface area is 163 Å². The van der Waals surface area contributed by atoms with Crippen LogP contribution in [0.3, 0.4) is 0 Å². The maximum atomic E-state index is 12.8. The van der Waals surface area contributed by atoms with E-state index in [-0.39, 0.29) is 5.91 Å². The van der Waals surface area contributed by atoms with E-state index >= 15 is 0 Å². The molecule has 0 heterocycles. The molecule has 5 heteroatoms. The van der Waals surface area contributed by atoms with Crippen molar-refractivity contribution in [3.63, 3.8) is 0 Å². The molecule has 0 atom stereocenters. The molecule has 0 saturated carbocycles. The number of halogens is 1. The molecule has 0 aliphatic heterocycles. The van der Waals surface area contributed by atoms with Gasteiger partial charge in [-0.05, 0) is 42.8 Å². The van der Waals surface area contributed by atoms with E-state index in [4.69, 9.17) is 21.1 Å². The fourth-order valence-corrected chi connectivity index (χ4v) is 2.75. The molecule has 0 aliphatic rings. The largest absolute Gasteiger partial charge is 0.492 e. The molecular weight excluding hydrogens is 362 g/mol. The number of amides is 1. The van der Waals surface area contributed by atoms with Crippen LogP contribution >= 0.6 is 11.6 Å². The Morgan fingerprint density at radius 2 is 1.67 bits per heavy atom. The number of para-hydroxylation sites is 2. The molecule has 3 aromatic carbocycles. The fourth-order valence-electron chi connectivity index (χ4n) is 2.58. The molecule has 0 bridgehead atoms. The normalized spacial score (nSPS) is 10.3. The van der Waals surface area contributed by atoms with Gasteiger partial charge >= 0.3 is 0 Å². The van der Waals surface area contributed by atoms with Crippen LogP contribution in [-0.2, 0) is 6.61 Å². The Morgan fingerprint density at radius 3 is 2.44 bits per heavy atom. The molecule has 138 valence electrons. The summed E-state index contributed by atoms with van der Waals surface area (Å²) in [5.41, 5.74) is 1.98. The molecule has 0 fully saturated rings. The first-order valence-electron chi connectivity index (χ1n) is 8.67.